The van der Waals surface area contributed by atoms with Crippen LogP contribution in [0, 0.1) is 0 Å². The molecule has 2 aromatic carbocycles. The Balaban J connectivity index is 1.86. The Labute approximate surface area is 156 Å². The number of halogens is 1. The second kappa shape index (κ2) is 8.23. The molecule has 0 amide bonds. The van der Waals surface area contributed by atoms with E-state index in [0.29, 0.717) is 11.6 Å². The minimum absolute atomic E-state index is 0.638. The number of nitrogens with zero attached hydrogens (tertiary/aromatic N) is 3. The van der Waals surface area contributed by atoms with Crippen molar-refractivity contribution in [1.29, 1.82) is 0 Å². The molecule has 0 atom stereocenters. The monoisotopic (exact) mass is 371 g/mol. The van der Waals surface area contributed by atoms with Crippen LogP contribution in [-0.2, 0) is 12.3 Å². The first-order valence-electron chi connectivity index (χ1n) is 7.77. The van der Waals surface area contributed by atoms with E-state index in [9.17, 15) is 0 Å². The van der Waals surface area contributed by atoms with E-state index >= 15 is 0 Å². The van der Waals surface area contributed by atoms with Crippen molar-refractivity contribution in [3.8, 4) is 17.1 Å². The van der Waals surface area contributed by atoms with E-state index in [1.165, 1.54) is 0 Å². The number of ether oxygens (including phenoxy) is 1. The number of hydrogen-bond acceptors (Lipinski definition) is 4. The number of thioether (sulfide) groups is 1. The quantitative estimate of drug-likeness (QED) is 0.428. The van der Waals surface area contributed by atoms with Crippen LogP contribution >= 0.6 is 23.4 Å². The molecule has 0 aliphatic heterocycles. The molecular weight excluding hydrogens is 354 g/mol. The van der Waals surface area contributed by atoms with Crippen molar-refractivity contribution in [2.75, 3.05) is 7.11 Å². The normalized spacial score (nSPS) is 10.6. The number of methoxy groups -OCH3 is 1. The maximum Gasteiger partial charge on any atom is 0.192 e. The smallest absolute Gasteiger partial charge is 0.192 e. The summed E-state index contributed by atoms with van der Waals surface area (Å²) in [5, 5.41) is 10.3. The maximum atomic E-state index is 5.98. The molecule has 0 N–H and O–H groups in total. The first-order valence-corrected chi connectivity index (χ1v) is 9.14. The minimum Gasteiger partial charge on any atom is -0.496 e. The number of aromatic nitrogens is 3. The topological polar surface area (TPSA) is 39.9 Å². The zero-order chi connectivity index (χ0) is 17.6. The molecule has 0 fully saturated rings. The van der Waals surface area contributed by atoms with Crippen LogP contribution in [0.15, 0.2) is 66.3 Å². The van der Waals surface area contributed by atoms with Gasteiger partial charge in [-0.2, -0.15) is 0 Å². The van der Waals surface area contributed by atoms with Crippen LogP contribution in [-0.4, -0.2) is 21.9 Å². The molecule has 4 nitrogen and oxygen atoms in total. The fraction of sp³-hybridized carbons (Fsp3) is 0.158. The third kappa shape index (κ3) is 4.06. The minimum atomic E-state index is 0.638. The van der Waals surface area contributed by atoms with Crippen molar-refractivity contribution in [1.82, 2.24) is 14.8 Å². The molecule has 0 aliphatic carbocycles. The Hall–Kier alpha value is -2.24. The highest BCUT2D eigenvalue weighted by atomic mass is 35.5. The number of benzene rings is 2. The fourth-order valence-corrected chi connectivity index (χ4v) is 3.53. The first-order chi connectivity index (χ1) is 12.2. The number of rotatable bonds is 7. The van der Waals surface area contributed by atoms with Crippen molar-refractivity contribution in [2.24, 2.45) is 0 Å². The van der Waals surface area contributed by atoms with E-state index in [1.54, 1.807) is 18.9 Å². The predicted molar refractivity (Wildman–Crippen MR) is 103 cm³/mol. The van der Waals surface area contributed by atoms with Crippen molar-refractivity contribution in [3.05, 3.63) is 71.8 Å². The molecule has 128 valence electrons. The van der Waals surface area contributed by atoms with Gasteiger partial charge in [-0.05, 0) is 30.3 Å². The van der Waals surface area contributed by atoms with Crippen LogP contribution in [0.2, 0.25) is 5.02 Å². The van der Waals surface area contributed by atoms with E-state index < -0.39 is 0 Å². The molecule has 0 radical (unpaired) electrons. The fourth-order valence-electron chi connectivity index (χ4n) is 2.47. The van der Waals surface area contributed by atoms with E-state index in [4.69, 9.17) is 16.3 Å². The van der Waals surface area contributed by atoms with Crippen LogP contribution < -0.4 is 4.74 Å². The molecule has 3 aromatic rings. The Bertz CT molecular complexity index is 861. The summed E-state index contributed by atoms with van der Waals surface area (Å²) in [5.74, 6) is 2.43. The Morgan fingerprint density at radius 2 is 1.92 bits per heavy atom. The lowest BCUT2D eigenvalue weighted by Crippen LogP contribution is -2.01. The molecule has 0 unspecified atom stereocenters. The van der Waals surface area contributed by atoms with Gasteiger partial charge in [0, 0.05) is 28.4 Å². The van der Waals surface area contributed by atoms with Crippen molar-refractivity contribution < 1.29 is 4.74 Å². The molecule has 3 rings (SSSR count). The zero-order valence-electron chi connectivity index (χ0n) is 13.9. The number of allylic oxidation sites excluding steroid dienone is 1. The standard InChI is InChI=1S/C19H18ClN3OS/c1-3-12-23-18(14-8-10-16(20)11-9-14)21-22-19(23)25-13-15-6-4-5-7-17(15)24-2/h3-11H,1,12-13H2,2H3. The van der Waals surface area contributed by atoms with E-state index in [0.717, 1.165) is 33.6 Å². The molecule has 0 bridgehead atoms. The largest absolute Gasteiger partial charge is 0.496 e. The first kappa shape index (κ1) is 17.6. The van der Waals surface area contributed by atoms with Gasteiger partial charge in [0.2, 0.25) is 0 Å². The number of hydrogen-bond donors (Lipinski definition) is 0. The van der Waals surface area contributed by atoms with Crippen LogP contribution in [0.5, 0.6) is 5.75 Å². The number of para-hydroxylation sites is 1. The SMILES string of the molecule is C=CCn1c(SCc2ccccc2OC)nnc1-c1ccc(Cl)cc1. The molecular formula is C19H18ClN3OS. The van der Waals surface area contributed by atoms with Crippen LogP contribution in [0.3, 0.4) is 0 Å². The highest BCUT2D eigenvalue weighted by Gasteiger charge is 2.14. The van der Waals surface area contributed by atoms with Crippen molar-refractivity contribution in [3.63, 3.8) is 0 Å². The summed E-state index contributed by atoms with van der Waals surface area (Å²) in [7, 11) is 1.68. The van der Waals surface area contributed by atoms with Gasteiger partial charge in [-0.25, -0.2) is 0 Å². The second-order valence-electron chi connectivity index (χ2n) is 5.31. The summed E-state index contributed by atoms with van der Waals surface area (Å²) >= 11 is 7.60. The molecule has 6 heteroatoms. The summed E-state index contributed by atoms with van der Waals surface area (Å²) in [6.07, 6.45) is 1.84. The van der Waals surface area contributed by atoms with E-state index in [1.807, 2.05) is 48.5 Å². The summed E-state index contributed by atoms with van der Waals surface area (Å²) in [6, 6.07) is 15.6. The molecule has 0 spiro atoms. The van der Waals surface area contributed by atoms with Gasteiger partial charge in [0.1, 0.15) is 5.75 Å². The molecule has 25 heavy (non-hydrogen) atoms. The lowest BCUT2D eigenvalue weighted by atomic mass is 10.2. The van der Waals surface area contributed by atoms with Crippen LogP contribution in [0.25, 0.3) is 11.4 Å². The van der Waals surface area contributed by atoms with Gasteiger partial charge in [-0.3, -0.25) is 4.57 Å². The second-order valence-corrected chi connectivity index (χ2v) is 6.69. The van der Waals surface area contributed by atoms with Crippen molar-refractivity contribution in [2.45, 2.75) is 17.5 Å². The third-order valence-corrected chi connectivity index (χ3v) is 4.95. The molecule has 0 aliphatic rings. The van der Waals surface area contributed by atoms with E-state index in [2.05, 4.69) is 27.4 Å². The average Bonchev–Trinajstić information content (AvgIpc) is 3.04. The summed E-state index contributed by atoms with van der Waals surface area (Å²) in [4.78, 5) is 0. The van der Waals surface area contributed by atoms with Gasteiger partial charge >= 0.3 is 0 Å². The predicted octanol–water partition coefficient (Wildman–Crippen LogP) is 5.09. The Kier molecular flexibility index (Phi) is 5.79. The van der Waals surface area contributed by atoms with Gasteiger partial charge in [-0.1, -0.05) is 47.6 Å². The zero-order valence-corrected chi connectivity index (χ0v) is 15.4. The van der Waals surface area contributed by atoms with E-state index in [-0.39, 0.29) is 0 Å². The van der Waals surface area contributed by atoms with Gasteiger partial charge < -0.3 is 4.74 Å². The molecule has 1 aromatic heterocycles. The average molecular weight is 372 g/mol. The van der Waals surface area contributed by atoms with Crippen LogP contribution in [0.1, 0.15) is 5.56 Å². The van der Waals surface area contributed by atoms with Gasteiger partial charge in [0.15, 0.2) is 11.0 Å². The maximum absolute atomic E-state index is 5.98. The lowest BCUT2D eigenvalue weighted by Gasteiger charge is -2.09. The molecule has 0 saturated heterocycles. The third-order valence-electron chi connectivity index (χ3n) is 3.68. The highest BCUT2D eigenvalue weighted by Crippen LogP contribution is 2.29. The highest BCUT2D eigenvalue weighted by molar-refractivity contribution is 7.98. The van der Waals surface area contributed by atoms with Gasteiger partial charge in [0.05, 0.1) is 7.11 Å². The lowest BCUT2D eigenvalue weighted by molar-refractivity contribution is 0.411. The summed E-state index contributed by atoms with van der Waals surface area (Å²) in [5.41, 5.74) is 2.10. The van der Waals surface area contributed by atoms with Gasteiger partial charge in [-0.15, -0.1) is 16.8 Å². The molecule has 1 heterocycles. The summed E-state index contributed by atoms with van der Waals surface area (Å²) in [6.45, 7) is 4.48. The van der Waals surface area contributed by atoms with Gasteiger partial charge in [0.25, 0.3) is 0 Å². The van der Waals surface area contributed by atoms with Crippen LogP contribution in [0.4, 0.5) is 0 Å². The molecule has 0 saturated carbocycles. The van der Waals surface area contributed by atoms with Crippen molar-refractivity contribution >= 4 is 23.4 Å². The Morgan fingerprint density at radius 1 is 1.16 bits per heavy atom. The Morgan fingerprint density at radius 3 is 2.64 bits per heavy atom. The summed E-state index contributed by atoms with van der Waals surface area (Å²) < 4.78 is 7.46.